The van der Waals surface area contributed by atoms with Crippen LogP contribution in [0, 0.1) is 12.8 Å². The summed E-state index contributed by atoms with van der Waals surface area (Å²) in [6.45, 7) is 2.55. The summed E-state index contributed by atoms with van der Waals surface area (Å²) in [6, 6.07) is 16.3. The molecule has 0 aliphatic carbocycles. The van der Waals surface area contributed by atoms with Crippen molar-refractivity contribution in [3.63, 3.8) is 0 Å². The zero-order valence-electron chi connectivity index (χ0n) is 13.5. The summed E-state index contributed by atoms with van der Waals surface area (Å²) in [5.74, 6) is -0.00205. The summed E-state index contributed by atoms with van der Waals surface area (Å²) >= 11 is 0. The summed E-state index contributed by atoms with van der Waals surface area (Å²) in [6.07, 6.45) is 0.352. The van der Waals surface area contributed by atoms with Crippen LogP contribution in [0.25, 0.3) is 0 Å². The molecule has 0 aromatic heterocycles. The Morgan fingerprint density at radius 1 is 1.08 bits per heavy atom. The number of nitrogens with zero attached hydrogens (tertiary/aromatic N) is 1. The van der Waals surface area contributed by atoms with Crippen LogP contribution in [0.5, 0.6) is 0 Å². The van der Waals surface area contributed by atoms with Gasteiger partial charge in [-0.1, -0.05) is 36.4 Å². The number of benzene rings is 2. The second kappa shape index (κ2) is 6.75. The van der Waals surface area contributed by atoms with E-state index in [-0.39, 0.29) is 23.3 Å². The van der Waals surface area contributed by atoms with Crippen molar-refractivity contribution in [2.24, 2.45) is 5.92 Å². The topological polar surface area (TPSA) is 66.5 Å². The molecule has 0 spiro atoms. The zero-order valence-corrected chi connectivity index (χ0v) is 14.3. The van der Waals surface area contributed by atoms with Gasteiger partial charge in [-0.15, -0.1) is 0 Å². The normalized spacial score (nSPS) is 18.1. The van der Waals surface area contributed by atoms with Crippen molar-refractivity contribution in [3.05, 3.63) is 60.2 Å². The summed E-state index contributed by atoms with van der Waals surface area (Å²) in [5.41, 5.74) is 1.56. The van der Waals surface area contributed by atoms with E-state index in [1.165, 1.54) is 0 Å². The predicted octanol–water partition coefficient (Wildman–Crippen LogP) is 2.33. The Hall–Kier alpha value is -2.18. The van der Waals surface area contributed by atoms with Crippen molar-refractivity contribution in [2.45, 2.75) is 18.2 Å². The number of hydrogen-bond donors (Lipinski definition) is 1. The van der Waals surface area contributed by atoms with E-state index < -0.39 is 10.0 Å². The molecule has 3 rings (SSSR count). The van der Waals surface area contributed by atoms with E-state index in [4.69, 9.17) is 0 Å². The van der Waals surface area contributed by atoms with Crippen LogP contribution in [0.3, 0.4) is 0 Å². The van der Waals surface area contributed by atoms with Gasteiger partial charge in [-0.05, 0) is 36.6 Å². The second-order valence-electron chi connectivity index (χ2n) is 6.03. The van der Waals surface area contributed by atoms with E-state index in [1.54, 1.807) is 30.0 Å². The Morgan fingerprint density at radius 2 is 1.75 bits per heavy atom. The quantitative estimate of drug-likeness (QED) is 0.905. The fourth-order valence-electron chi connectivity index (χ4n) is 2.94. The molecule has 1 saturated heterocycles. The Balaban J connectivity index is 1.66. The minimum Gasteiger partial charge on any atom is -0.312 e. The van der Waals surface area contributed by atoms with E-state index in [0.717, 1.165) is 5.69 Å². The lowest BCUT2D eigenvalue weighted by Crippen LogP contribution is -2.31. The molecular formula is C18H20N2O3S. The van der Waals surface area contributed by atoms with Gasteiger partial charge in [0, 0.05) is 25.2 Å². The number of aryl methyl sites for hydroxylation is 1. The zero-order chi connectivity index (χ0) is 17.2. The van der Waals surface area contributed by atoms with Crippen molar-refractivity contribution >= 4 is 21.6 Å². The number of carbonyl (C=O) groups excluding carboxylic acids is 1. The smallest absolute Gasteiger partial charge is 0.240 e. The average Bonchev–Trinajstić information content (AvgIpc) is 2.95. The summed E-state index contributed by atoms with van der Waals surface area (Å²) in [7, 11) is -3.56. The maximum Gasteiger partial charge on any atom is 0.240 e. The van der Waals surface area contributed by atoms with Crippen LogP contribution < -0.4 is 9.62 Å². The maximum atomic E-state index is 12.4. The molecule has 1 aliphatic heterocycles. The molecule has 0 radical (unpaired) electrons. The highest BCUT2D eigenvalue weighted by Gasteiger charge is 2.31. The van der Waals surface area contributed by atoms with E-state index in [1.807, 2.05) is 36.4 Å². The van der Waals surface area contributed by atoms with Gasteiger partial charge in [0.15, 0.2) is 0 Å². The number of carbonyl (C=O) groups is 1. The third-order valence-electron chi connectivity index (χ3n) is 4.22. The molecule has 1 aliphatic rings. The fourth-order valence-corrected chi connectivity index (χ4v) is 4.30. The predicted molar refractivity (Wildman–Crippen MR) is 93.3 cm³/mol. The molecule has 1 heterocycles. The van der Waals surface area contributed by atoms with Gasteiger partial charge in [0.1, 0.15) is 0 Å². The maximum absolute atomic E-state index is 12.4. The standard InChI is InChI=1S/C18H20N2O3S/c1-14-7-5-6-10-17(14)24(22,23)19-12-15-11-18(21)20(13-15)16-8-3-2-4-9-16/h2-10,15,19H,11-13H2,1H3. The number of para-hydroxylation sites is 1. The third-order valence-corrected chi connectivity index (χ3v) is 5.80. The van der Waals surface area contributed by atoms with Crippen LogP contribution >= 0.6 is 0 Å². The summed E-state index contributed by atoms with van der Waals surface area (Å²) in [5, 5.41) is 0. The molecule has 24 heavy (non-hydrogen) atoms. The van der Waals surface area contributed by atoms with Gasteiger partial charge in [-0.25, -0.2) is 13.1 Å². The van der Waals surface area contributed by atoms with Crippen LogP contribution in [-0.2, 0) is 14.8 Å². The van der Waals surface area contributed by atoms with Crippen molar-refractivity contribution in [2.75, 3.05) is 18.0 Å². The van der Waals surface area contributed by atoms with Crippen LogP contribution in [0.4, 0.5) is 5.69 Å². The van der Waals surface area contributed by atoms with E-state index in [9.17, 15) is 13.2 Å². The largest absolute Gasteiger partial charge is 0.312 e. The molecular weight excluding hydrogens is 324 g/mol. The van der Waals surface area contributed by atoms with Gasteiger partial charge in [0.2, 0.25) is 15.9 Å². The number of amides is 1. The van der Waals surface area contributed by atoms with Crippen LogP contribution in [0.15, 0.2) is 59.5 Å². The second-order valence-corrected chi connectivity index (χ2v) is 7.76. The van der Waals surface area contributed by atoms with Crippen molar-refractivity contribution in [1.29, 1.82) is 0 Å². The van der Waals surface area contributed by atoms with E-state index >= 15 is 0 Å². The first kappa shape index (κ1) is 16.7. The Labute approximate surface area is 142 Å². The Morgan fingerprint density at radius 3 is 2.46 bits per heavy atom. The highest BCUT2D eigenvalue weighted by molar-refractivity contribution is 7.89. The third kappa shape index (κ3) is 3.49. The molecule has 0 saturated carbocycles. The molecule has 1 atom stereocenters. The number of nitrogens with one attached hydrogen (secondary N) is 1. The molecule has 0 bridgehead atoms. The van der Waals surface area contributed by atoms with Gasteiger partial charge in [0.05, 0.1) is 4.90 Å². The average molecular weight is 344 g/mol. The lowest BCUT2D eigenvalue weighted by molar-refractivity contribution is -0.117. The van der Waals surface area contributed by atoms with Crippen molar-refractivity contribution in [1.82, 2.24) is 4.72 Å². The lowest BCUT2D eigenvalue weighted by Gasteiger charge is -2.17. The molecule has 1 N–H and O–H groups in total. The number of anilines is 1. The lowest BCUT2D eigenvalue weighted by atomic mass is 10.1. The first-order chi connectivity index (χ1) is 11.5. The molecule has 2 aromatic rings. The monoisotopic (exact) mass is 344 g/mol. The number of rotatable bonds is 5. The first-order valence-corrected chi connectivity index (χ1v) is 9.36. The molecule has 1 amide bonds. The number of sulfonamides is 1. The van der Waals surface area contributed by atoms with Crippen molar-refractivity contribution in [3.8, 4) is 0 Å². The highest BCUT2D eigenvalue weighted by Crippen LogP contribution is 2.24. The fraction of sp³-hybridized carbons (Fsp3) is 0.278. The van der Waals surface area contributed by atoms with Crippen LogP contribution in [0.1, 0.15) is 12.0 Å². The van der Waals surface area contributed by atoms with Gasteiger partial charge in [0.25, 0.3) is 0 Å². The van der Waals surface area contributed by atoms with Gasteiger partial charge < -0.3 is 4.90 Å². The first-order valence-electron chi connectivity index (χ1n) is 7.88. The van der Waals surface area contributed by atoms with Gasteiger partial charge in [-0.2, -0.15) is 0 Å². The van der Waals surface area contributed by atoms with E-state index in [2.05, 4.69) is 4.72 Å². The Kier molecular flexibility index (Phi) is 4.69. The molecule has 5 nitrogen and oxygen atoms in total. The minimum absolute atomic E-state index is 0.0290. The molecule has 1 fully saturated rings. The molecule has 1 unspecified atom stereocenters. The number of hydrogen-bond acceptors (Lipinski definition) is 3. The minimum atomic E-state index is -3.56. The van der Waals surface area contributed by atoms with Crippen LogP contribution in [-0.4, -0.2) is 27.4 Å². The molecule has 6 heteroatoms. The summed E-state index contributed by atoms with van der Waals surface area (Å²) in [4.78, 5) is 14.2. The highest BCUT2D eigenvalue weighted by atomic mass is 32.2. The molecule has 126 valence electrons. The van der Waals surface area contributed by atoms with E-state index in [0.29, 0.717) is 18.5 Å². The summed E-state index contributed by atoms with van der Waals surface area (Å²) < 4.78 is 27.5. The van der Waals surface area contributed by atoms with Crippen molar-refractivity contribution < 1.29 is 13.2 Å². The SMILES string of the molecule is Cc1ccccc1S(=O)(=O)NCC1CC(=O)N(c2ccccc2)C1. The van der Waals surface area contributed by atoms with Gasteiger partial charge >= 0.3 is 0 Å². The van der Waals surface area contributed by atoms with Crippen LogP contribution in [0.2, 0.25) is 0 Å². The Bertz CT molecular complexity index is 834. The molecule has 2 aromatic carbocycles. The van der Waals surface area contributed by atoms with Gasteiger partial charge in [-0.3, -0.25) is 4.79 Å².